The molecule has 41 heavy (non-hydrogen) atoms. The number of fused-ring (bicyclic) bond motifs is 1. The molecule has 5 rings (SSSR count). The molecule has 1 atom stereocenters. The van der Waals surface area contributed by atoms with Gasteiger partial charge in [0.2, 0.25) is 0 Å². The highest BCUT2D eigenvalue weighted by molar-refractivity contribution is 14.1. The Morgan fingerprint density at radius 3 is 2.59 bits per heavy atom. The fourth-order valence-electron chi connectivity index (χ4n) is 4.49. The first-order chi connectivity index (χ1) is 19.8. The Hall–Kier alpha value is -3.35. The zero-order valence-electron chi connectivity index (χ0n) is 21.4. The molecule has 0 N–H and O–H groups in total. The van der Waals surface area contributed by atoms with Crippen LogP contribution in [0.4, 0.5) is 4.39 Å². The van der Waals surface area contributed by atoms with Crippen molar-refractivity contribution in [2.45, 2.75) is 13.0 Å². The normalized spacial score (nSPS) is 14.7. The maximum absolute atomic E-state index is 14.1. The van der Waals surface area contributed by atoms with E-state index in [1.807, 2.05) is 48.5 Å². The second-order valence-corrected chi connectivity index (χ2v) is 12.2. The number of carbonyl (C=O) groups is 1. The minimum atomic E-state index is -0.909. The number of halogens is 3. The summed E-state index contributed by atoms with van der Waals surface area (Å²) >= 11 is 5.49. The number of aromatic nitrogens is 1. The fourth-order valence-corrected chi connectivity index (χ4v) is 7.52. The molecule has 1 aliphatic heterocycles. The van der Waals surface area contributed by atoms with Crippen LogP contribution in [-0.4, -0.2) is 23.8 Å². The van der Waals surface area contributed by atoms with Crippen LogP contribution in [0.25, 0.3) is 11.8 Å². The smallest absolute Gasteiger partial charge is 0.338 e. The van der Waals surface area contributed by atoms with Gasteiger partial charge in [-0.1, -0.05) is 53.8 Å². The van der Waals surface area contributed by atoms with Crippen molar-refractivity contribution in [1.82, 2.24) is 4.57 Å². The molecular formula is C30H20FI2N3O4S. The average Bonchev–Trinajstić information content (AvgIpc) is 3.27. The van der Waals surface area contributed by atoms with Crippen LogP contribution in [0.1, 0.15) is 29.7 Å². The first kappa shape index (κ1) is 29.2. The van der Waals surface area contributed by atoms with Crippen molar-refractivity contribution < 1.29 is 18.7 Å². The molecule has 11 heteroatoms. The van der Waals surface area contributed by atoms with E-state index in [4.69, 9.17) is 19.7 Å². The van der Waals surface area contributed by atoms with Gasteiger partial charge in [0.25, 0.3) is 5.56 Å². The Morgan fingerprint density at radius 2 is 1.90 bits per heavy atom. The summed E-state index contributed by atoms with van der Waals surface area (Å²) in [5, 5.41) is 9.07. The number of thiazole rings is 1. The van der Waals surface area contributed by atoms with Crippen molar-refractivity contribution in [1.29, 1.82) is 5.26 Å². The zero-order chi connectivity index (χ0) is 29.1. The summed E-state index contributed by atoms with van der Waals surface area (Å²) in [7, 11) is 0. The Balaban J connectivity index is 1.82. The van der Waals surface area contributed by atoms with Gasteiger partial charge in [-0.15, -0.1) is 0 Å². The molecule has 0 amide bonds. The minimum Gasteiger partial charge on any atom is -0.477 e. The number of hydrogen-bond acceptors (Lipinski definition) is 7. The predicted octanol–water partition coefficient (Wildman–Crippen LogP) is 5.19. The number of hydrogen-bond donors (Lipinski definition) is 0. The SMILES string of the molecule is CCOC(=O)C1=C(c2ccccc2)N=c2s/c(=C\c3cc(I)cc(I)c3OCC#N)c(=O)n2[C@@H]1c1ccc(F)cc1. The summed E-state index contributed by atoms with van der Waals surface area (Å²) in [4.78, 5) is 32.8. The summed E-state index contributed by atoms with van der Waals surface area (Å²) in [5.74, 6) is -0.562. The van der Waals surface area contributed by atoms with E-state index in [2.05, 4.69) is 45.2 Å². The summed E-state index contributed by atoms with van der Waals surface area (Å²) in [5.41, 5.74) is 2.04. The number of rotatable bonds is 7. The lowest BCUT2D eigenvalue weighted by Crippen LogP contribution is -2.40. The topological polar surface area (TPSA) is 93.7 Å². The third-order valence-corrected chi connectivity index (χ3v) is 8.57. The van der Waals surface area contributed by atoms with Crippen LogP contribution >= 0.6 is 56.5 Å². The van der Waals surface area contributed by atoms with E-state index in [0.717, 1.165) is 7.14 Å². The van der Waals surface area contributed by atoms with Gasteiger partial charge in [0.1, 0.15) is 17.6 Å². The van der Waals surface area contributed by atoms with E-state index in [1.54, 1.807) is 25.1 Å². The first-order valence-electron chi connectivity index (χ1n) is 12.3. The van der Waals surface area contributed by atoms with Gasteiger partial charge in [-0.25, -0.2) is 14.2 Å². The lowest BCUT2D eigenvalue weighted by Gasteiger charge is -2.25. The molecule has 0 saturated carbocycles. The lowest BCUT2D eigenvalue weighted by atomic mass is 9.93. The number of esters is 1. The van der Waals surface area contributed by atoms with Crippen molar-refractivity contribution in [2.75, 3.05) is 13.2 Å². The van der Waals surface area contributed by atoms with Crippen molar-refractivity contribution in [2.24, 2.45) is 4.99 Å². The molecule has 0 unspecified atom stereocenters. The predicted molar refractivity (Wildman–Crippen MR) is 170 cm³/mol. The maximum atomic E-state index is 14.1. The monoisotopic (exact) mass is 791 g/mol. The summed E-state index contributed by atoms with van der Waals surface area (Å²) in [6.45, 7) is 1.69. The summed E-state index contributed by atoms with van der Waals surface area (Å²) < 4.78 is 28.6. The van der Waals surface area contributed by atoms with E-state index in [0.29, 0.717) is 37.5 Å². The third kappa shape index (κ3) is 6.00. The van der Waals surface area contributed by atoms with Crippen LogP contribution in [0.15, 0.2) is 82.1 Å². The standard InChI is InChI=1S/C30H20FI2N3O4S/c1-2-39-29(38)24-25(17-6-4-3-5-7-17)35-30-36(26(24)18-8-10-20(31)11-9-18)28(37)23(41-30)15-19-14-21(32)16-22(33)27(19)40-13-12-34/h3-11,14-16,26H,2,13H2,1H3/b23-15-/t26-/m1/s1. The van der Waals surface area contributed by atoms with Crippen LogP contribution in [-0.2, 0) is 9.53 Å². The number of ether oxygens (including phenoxy) is 2. The highest BCUT2D eigenvalue weighted by Crippen LogP contribution is 2.35. The van der Waals surface area contributed by atoms with Gasteiger partial charge >= 0.3 is 5.97 Å². The Kier molecular flexibility index (Phi) is 9.00. The van der Waals surface area contributed by atoms with Gasteiger partial charge in [0.05, 0.1) is 32.0 Å². The quantitative estimate of drug-likeness (QED) is 0.190. The molecule has 1 aromatic heterocycles. The molecule has 0 bridgehead atoms. The van der Waals surface area contributed by atoms with E-state index in [-0.39, 0.29) is 24.3 Å². The fraction of sp³-hybridized carbons (Fsp3) is 0.133. The van der Waals surface area contributed by atoms with Gasteiger partial charge < -0.3 is 9.47 Å². The molecule has 0 radical (unpaired) electrons. The Bertz CT molecular complexity index is 1900. The lowest BCUT2D eigenvalue weighted by molar-refractivity contribution is -0.138. The molecule has 4 aromatic rings. The van der Waals surface area contributed by atoms with E-state index < -0.39 is 17.8 Å². The number of carbonyl (C=O) groups excluding carboxylic acids is 1. The van der Waals surface area contributed by atoms with Crippen LogP contribution in [0.2, 0.25) is 0 Å². The van der Waals surface area contributed by atoms with Gasteiger partial charge in [-0.2, -0.15) is 5.26 Å². The van der Waals surface area contributed by atoms with Crippen molar-refractivity contribution >= 4 is 74.3 Å². The highest BCUT2D eigenvalue weighted by Gasteiger charge is 2.35. The maximum Gasteiger partial charge on any atom is 0.338 e. The van der Waals surface area contributed by atoms with Crippen molar-refractivity contribution in [3.8, 4) is 11.8 Å². The van der Waals surface area contributed by atoms with Crippen LogP contribution < -0.4 is 19.6 Å². The van der Waals surface area contributed by atoms with Crippen molar-refractivity contribution in [3.63, 3.8) is 0 Å². The summed E-state index contributed by atoms with van der Waals surface area (Å²) in [6.07, 6.45) is 1.71. The molecule has 3 aromatic carbocycles. The molecular weight excluding hydrogens is 771 g/mol. The third-order valence-electron chi connectivity index (χ3n) is 6.16. The highest BCUT2D eigenvalue weighted by atomic mass is 127. The molecule has 0 saturated heterocycles. The largest absolute Gasteiger partial charge is 0.477 e. The molecule has 2 heterocycles. The van der Waals surface area contributed by atoms with Crippen LogP contribution in [0.5, 0.6) is 5.75 Å². The molecule has 0 aliphatic carbocycles. The van der Waals surface area contributed by atoms with Crippen LogP contribution in [0.3, 0.4) is 0 Å². The molecule has 0 fully saturated rings. The van der Waals surface area contributed by atoms with E-state index >= 15 is 0 Å². The number of benzene rings is 3. The first-order valence-corrected chi connectivity index (χ1v) is 15.3. The number of nitriles is 1. The van der Waals surface area contributed by atoms with Gasteiger partial charge in [-0.3, -0.25) is 9.36 Å². The van der Waals surface area contributed by atoms with Crippen molar-refractivity contribution in [3.05, 3.63) is 122 Å². The Morgan fingerprint density at radius 1 is 1.17 bits per heavy atom. The average molecular weight is 791 g/mol. The van der Waals surface area contributed by atoms with Crippen LogP contribution in [0, 0.1) is 24.3 Å². The van der Waals surface area contributed by atoms with E-state index in [1.165, 1.54) is 28.0 Å². The molecule has 206 valence electrons. The zero-order valence-corrected chi connectivity index (χ0v) is 26.6. The second-order valence-electron chi connectivity index (χ2n) is 8.74. The minimum absolute atomic E-state index is 0.127. The van der Waals surface area contributed by atoms with Gasteiger partial charge in [-0.05, 0) is 88.0 Å². The molecule has 0 spiro atoms. The summed E-state index contributed by atoms with van der Waals surface area (Å²) in [6, 6.07) is 19.8. The number of nitrogens with zero attached hydrogens (tertiary/aromatic N) is 3. The second kappa shape index (κ2) is 12.7. The van der Waals surface area contributed by atoms with E-state index in [9.17, 15) is 14.0 Å². The molecule has 7 nitrogen and oxygen atoms in total. The van der Waals surface area contributed by atoms with Gasteiger partial charge in [0, 0.05) is 14.7 Å². The van der Waals surface area contributed by atoms with Gasteiger partial charge in [0.15, 0.2) is 11.4 Å². The molecule has 1 aliphatic rings. The Labute approximate surface area is 265 Å².